The SMILES string of the molecule is NOOP1(=O)OC[C@H]2O[C@@H](n3ccc(=O)[nH]c3=O)[C@H](F)[C@@H]2OP(=O)(S)OC[C@@H]2C[C@@H](O1)[C@H](n1cnc3c(N)ncnc31)O2. The molecule has 0 saturated carbocycles. The van der Waals surface area contributed by atoms with Crippen LogP contribution < -0.4 is 22.9 Å². The van der Waals surface area contributed by atoms with E-state index in [1.807, 2.05) is 4.98 Å². The smallest absolute Gasteiger partial charge is 0.382 e. The number of ether oxygens (including phenoxy) is 2. The Morgan fingerprint density at radius 1 is 1.07 bits per heavy atom. The zero-order chi connectivity index (χ0) is 30.5. The van der Waals surface area contributed by atoms with E-state index in [1.54, 1.807) is 0 Å². The highest BCUT2D eigenvalue weighted by Gasteiger charge is 2.52. The molecule has 234 valence electrons. The number of anilines is 1. The van der Waals surface area contributed by atoms with Gasteiger partial charge in [-0.25, -0.2) is 33.3 Å². The van der Waals surface area contributed by atoms with Gasteiger partial charge >= 0.3 is 20.3 Å². The van der Waals surface area contributed by atoms with Crippen LogP contribution in [-0.4, -0.2) is 72.9 Å². The average molecular weight is 668 g/mol. The van der Waals surface area contributed by atoms with Crippen LogP contribution >= 0.6 is 26.9 Å². The number of imidazole rings is 1. The maximum Gasteiger partial charge on any atom is 0.504 e. The van der Waals surface area contributed by atoms with Gasteiger partial charge in [0.25, 0.3) is 5.56 Å². The second-order valence-electron chi connectivity index (χ2n) is 9.39. The van der Waals surface area contributed by atoms with Crippen LogP contribution in [-0.2, 0) is 46.4 Å². The van der Waals surface area contributed by atoms with E-state index >= 15 is 4.39 Å². The number of nitrogens with one attached hydrogen (secondary N) is 1. The number of halogens is 1. The van der Waals surface area contributed by atoms with Crippen LogP contribution in [0.25, 0.3) is 11.2 Å². The topological polar surface area (TPSA) is 258 Å². The zero-order valence-corrected chi connectivity index (χ0v) is 24.2. The molecule has 9 atom stereocenters. The molecular formula is C19H23FN8O12P2S. The quantitative estimate of drug-likeness (QED) is 0.126. The lowest BCUT2D eigenvalue weighted by atomic mass is 10.1. The molecule has 43 heavy (non-hydrogen) atoms. The van der Waals surface area contributed by atoms with Crippen molar-refractivity contribution in [2.75, 3.05) is 18.9 Å². The summed E-state index contributed by atoms with van der Waals surface area (Å²) in [5.74, 6) is 5.10. The van der Waals surface area contributed by atoms with Crippen LogP contribution in [0.2, 0.25) is 0 Å². The van der Waals surface area contributed by atoms with E-state index < -0.39 is 82.1 Å². The van der Waals surface area contributed by atoms with E-state index in [0.29, 0.717) is 0 Å². The molecule has 2 unspecified atom stereocenters. The minimum Gasteiger partial charge on any atom is -0.382 e. The van der Waals surface area contributed by atoms with E-state index in [2.05, 4.69) is 36.9 Å². The molecule has 0 amide bonds. The molecule has 3 aliphatic rings. The van der Waals surface area contributed by atoms with Gasteiger partial charge in [-0.05, 0) is 0 Å². The number of nitrogens with zero attached hydrogens (tertiary/aromatic N) is 5. The Balaban J connectivity index is 1.33. The normalized spacial score (nSPS) is 37.0. The first kappa shape index (κ1) is 30.4. The number of hydrogen-bond acceptors (Lipinski definition) is 17. The lowest BCUT2D eigenvalue weighted by Gasteiger charge is -2.26. The third-order valence-corrected chi connectivity index (χ3v) is 9.55. The number of nitrogen functional groups attached to an aromatic ring is 1. The number of rotatable bonds is 4. The molecule has 6 rings (SSSR count). The van der Waals surface area contributed by atoms with E-state index in [-0.39, 0.29) is 23.4 Å². The number of hydrogen-bond donors (Lipinski definition) is 4. The van der Waals surface area contributed by atoms with Gasteiger partial charge in [0.05, 0.1) is 25.6 Å². The van der Waals surface area contributed by atoms with Crippen LogP contribution in [0, 0.1) is 0 Å². The Morgan fingerprint density at radius 2 is 1.88 bits per heavy atom. The van der Waals surface area contributed by atoms with Crippen molar-refractivity contribution in [2.24, 2.45) is 5.90 Å². The summed E-state index contributed by atoms with van der Waals surface area (Å²) in [6.45, 7) is -5.56. The van der Waals surface area contributed by atoms with Gasteiger partial charge in [-0.2, -0.15) is 5.90 Å². The summed E-state index contributed by atoms with van der Waals surface area (Å²) >= 11 is 3.97. The number of nitrogens with two attached hydrogens (primary N) is 2. The number of thiol groups is 1. The van der Waals surface area contributed by atoms with Crippen molar-refractivity contribution in [3.8, 4) is 0 Å². The fraction of sp³-hybridized carbons (Fsp3) is 0.526. The highest BCUT2D eigenvalue weighted by Crippen LogP contribution is 2.59. The minimum absolute atomic E-state index is 0.0493. The van der Waals surface area contributed by atoms with Crippen LogP contribution in [0.3, 0.4) is 0 Å². The Labute approximate surface area is 243 Å². The lowest BCUT2D eigenvalue weighted by Crippen LogP contribution is -2.36. The monoisotopic (exact) mass is 668 g/mol. The maximum absolute atomic E-state index is 15.7. The van der Waals surface area contributed by atoms with Crippen LogP contribution in [0.15, 0.2) is 34.5 Å². The minimum atomic E-state index is -4.76. The molecule has 0 radical (unpaired) electrons. The highest BCUT2D eigenvalue weighted by atomic mass is 32.7. The maximum atomic E-state index is 15.7. The summed E-state index contributed by atoms with van der Waals surface area (Å²) in [7, 11) is -4.76. The number of aromatic amines is 1. The zero-order valence-electron chi connectivity index (χ0n) is 21.5. The largest absolute Gasteiger partial charge is 0.504 e. The molecule has 3 saturated heterocycles. The van der Waals surface area contributed by atoms with Crippen LogP contribution in [0.4, 0.5) is 10.2 Å². The molecule has 3 aromatic heterocycles. The fourth-order valence-electron chi connectivity index (χ4n) is 4.84. The van der Waals surface area contributed by atoms with E-state index in [9.17, 15) is 18.7 Å². The molecule has 0 aromatic carbocycles. The standard InChI is InChI=1S/C19H23FN8O12P2S/c20-12-14-10(36-18(12)27-2-1-11(29)26-19(27)30)5-33-41(31,40-39-22)37-9-3-8(4-34-42(32,43)38-14)35-17(9)28-7-25-13-15(21)23-6-24-16(13)28/h1-2,6-10,12,14,17-18H,3-5,22H2,(H,32,43)(H2,21,23,24)(H,26,29,30)/t8-,9+,10+,12+,14+,17+,18+,41?,42?/m0/s1. The van der Waals surface area contributed by atoms with Crippen molar-refractivity contribution in [3.05, 3.63) is 45.8 Å². The van der Waals surface area contributed by atoms with Gasteiger partial charge in [0.2, 0.25) is 0 Å². The third kappa shape index (κ3) is 6.06. The lowest BCUT2D eigenvalue weighted by molar-refractivity contribution is -0.236. The molecule has 3 aromatic rings. The first-order chi connectivity index (χ1) is 20.5. The van der Waals surface area contributed by atoms with Crippen molar-refractivity contribution in [1.29, 1.82) is 0 Å². The Hall–Kier alpha value is -2.59. The van der Waals surface area contributed by atoms with Gasteiger partial charge in [0.15, 0.2) is 30.1 Å². The summed E-state index contributed by atoms with van der Waals surface area (Å²) in [4.78, 5) is 42.1. The van der Waals surface area contributed by atoms with Gasteiger partial charge in [-0.3, -0.25) is 37.0 Å². The summed E-state index contributed by atoms with van der Waals surface area (Å²) in [6.07, 6.45) is -6.84. The Kier molecular flexibility index (Phi) is 8.30. The van der Waals surface area contributed by atoms with E-state index in [0.717, 1.165) is 16.8 Å². The van der Waals surface area contributed by atoms with Gasteiger partial charge in [-0.15, -0.1) is 9.66 Å². The average Bonchev–Trinajstić information content (AvgIpc) is 3.63. The first-order valence-electron chi connectivity index (χ1n) is 12.3. The van der Waals surface area contributed by atoms with Gasteiger partial charge in [0, 0.05) is 18.7 Å². The van der Waals surface area contributed by atoms with Crippen molar-refractivity contribution in [3.63, 3.8) is 0 Å². The molecule has 5 N–H and O–H groups in total. The molecule has 0 aliphatic carbocycles. The number of alkyl halides is 1. The van der Waals surface area contributed by atoms with Crippen LogP contribution in [0.1, 0.15) is 18.9 Å². The molecule has 3 fully saturated rings. The third-order valence-electron chi connectivity index (χ3n) is 6.67. The Morgan fingerprint density at radius 3 is 2.65 bits per heavy atom. The Bertz CT molecular complexity index is 1730. The van der Waals surface area contributed by atoms with Crippen molar-refractivity contribution in [2.45, 2.75) is 49.5 Å². The second-order valence-corrected chi connectivity index (χ2v) is 13.8. The predicted octanol–water partition coefficient (Wildman–Crippen LogP) is 0.267. The highest BCUT2D eigenvalue weighted by molar-refractivity contribution is 8.44. The van der Waals surface area contributed by atoms with Crippen molar-refractivity contribution < 1.29 is 50.8 Å². The second kappa shape index (κ2) is 11.7. The van der Waals surface area contributed by atoms with Gasteiger partial charge < -0.3 is 15.2 Å². The molecule has 2 bridgehead atoms. The number of phosphoric ester groups is 1. The van der Waals surface area contributed by atoms with E-state index in [4.69, 9.17) is 39.2 Å². The summed E-state index contributed by atoms with van der Waals surface area (Å²) < 4.78 is 82.9. The summed E-state index contributed by atoms with van der Waals surface area (Å²) in [5, 5.41) is 0. The number of fused-ring (bicyclic) bond motifs is 4. The van der Waals surface area contributed by atoms with E-state index in [1.165, 1.54) is 17.2 Å². The van der Waals surface area contributed by atoms with Gasteiger partial charge in [0.1, 0.15) is 30.2 Å². The molecule has 3 aliphatic heterocycles. The first-order valence-corrected chi connectivity index (χ1v) is 16.5. The fourth-order valence-corrected chi connectivity index (χ4v) is 7.44. The van der Waals surface area contributed by atoms with Crippen molar-refractivity contribution in [1.82, 2.24) is 29.1 Å². The molecule has 20 nitrogen and oxygen atoms in total. The molecular weight excluding hydrogens is 645 g/mol. The predicted molar refractivity (Wildman–Crippen MR) is 141 cm³/mol. The number of phosphoric acid groups is 1. The molecule has 24 heteroatoms. The number of H-pyrrole nitrogens is 1. The summed E-state index contributed by atoms with van der Waals surface area (Å²) in [6, 6.07) is 0.959. The molecule has 6 heterocycles. The molecule has 0 spiro atoms. The number of aromatic nitrogens is 6. The summed E-state index contributed by atoms with van der Waals surface area (Å²) in [5.41, 5.74) is 4.62. The van der Waals surface area contributed by atoms with Gasteiger partial charge in [-0.1, -0.05) is 12.2 Å². The van der Waals surface area contributed by atoms with Crippen molar-refractivity contribution >= 4 is 43.9 Å². The van der Waals surface area contributed by atoms with Crippen LogP contribution in [0.5, 0.6) is 0 Å².